The van der Waals surface area contributed by atoms with Crippen molar-refractivity contribution in [3.8, 4) is 5.69 Å². The van der Waals surface area contributed by atoms with E-state index in [1.165, 1.54) is 17.3 Å². The lowest BCUT2D eigenvalue weighted by molar-refractivity contribution is -0.115. The van der Waals surface area contributed by atoms with Crippen molar-refractivity contribution in [2.24, 2.45) is 0 Å². The van der Waals surface area contributed by atoms with Gasteiger partial charge in [-0.1, -0.05) is 52.7 Å². The number of rotatable bonds is 5. The zero-order valence-corrected chi connectivity index (χ0v) is 17.4. The molecule has 27 heavy (non-hydrogen) atoms. The number of hydrogen-bond donors (Lipinski definition) is 1. The van der Waals surface area contributed by atoms with Crippen LogP contribution >= 0.6 is 35.0 Å². The zero-order valence-electron chi connectivity index (χ0n) is 15.0. The number of nitrogens with zero attached hydrogens (tertiary/aromatic N) is 3. The molecular weight excluding hydrogens is 403 g/mol. The van der Waals surface area contributed by atoms with Gasteiger partial charge < -0.3 is 5.32 Å². The molecule has 8 heteroatoms. The quantitative estimate of drug-likeness (QED) is 0.568. The van der Waals surface area contributed by atoms with Crippen LogP contribution in [0.3, 0.4) is 0 Å². The van der Waals surface area contributed by atoms with E-state index in [9.17, 15) is 4.79 Å². The number of thioether (sulfide) groups is 1. The summed E-state index contributed by atoms with van der Waals surface area (Å²) < 4.78 is 1.88. The van der Waals surface area contributed by atoms with E-state index >= 15 is 0 Å². The number of halogens is 2. The van der Waals surface area contributed by atoms with E-state index in [4.69, 9.17) is 23.2 Å². The highest BCUT2D eigenvalue weighted by Gasteiger charge is 2.20. The Bertz CT molecular complexity index is 990. The Labute approximate surface area is 172 Å². The first-order chi connectivity index (χ1) is 12.8. The Morgan fingerprint density at radius 2 is 1.96 bits per heavy atom. The van der Waals surface area contributed by atoms with E-state index in [2.05, 4.69) is 21.6 Å². The minimum absolute atomic E-state index is 0.195. The smallest absolute Gasteiger partial charge is 0.237 e. The second kappa shape index (κ2) is 8.33. The number of hydrogen-bond acceptors (Lipinski definition) is 4. The van der Waals surface area contributed by atoms with Gasteiger partial charge in [0.25, 0.3) is 0 Å². The van der Waals surface area contributed by atoms with Gasteiger partial charge in [-0.15, -0.1) is 10.2 Å². The van der Waals surface area contributed by atoms with Crippen LogP contribution in [0.25, 0.3) is 5.69 Å². The molecule has 5 nitrogen and oxygen atoms in total. The molecule has 1 unspecified atom stereocenters. The molecule has 0 radical (unpaired) electrons. The molecule has 0 aliphatic heterocycles. The standard InChI is InChI=1S/C19H18Cl2N4OS/c1-11-4-7-17(12(2)8-11)25-10-22-24-19(25)27-13(3)18(26)23-16-9-14(20)5-6-15(16)21/h4-10,13H,1-3H3,(H,23,26). The molecule has 1 amide bonds. The minimum atomic E-state index is -0.409. The van der Waals surface area contributed by atoms with E-state index in [0.29, 0.717) is 20.9 Å². The van der Waals surface area contributed by atoms with Crippen LogP contribution in [0.15, 0.2) is 47.9 Å². The maximum atomic E-state index is 12.6. The highest BCUT2D eigenvalue weighted by atomic mass is 35.5. The minimum Gasteiger partial charge on any atom is -0.324 e. The third-order valence-corrected chi connectivity index (χ3v) is 5.59. The molecule has 0 aliphatic rings. The van der Waals surface area contributed by atoms with Gasteiger partial charge in [-0.3, -0.25) is 9.36 Å². The van der Waals surface area contributed by atoms with Crippen LogP contribution < -0.4 is 5.32 Å². The molecule has 1 aromatic heterocycles. The van der Waals surface area contributed by atoms with Crippen molar-refractivity contribution in [2.45, 2.75) is 31.2 Å². The topological polar surface area (TPSA) is 59.8 Å². The molecule has 3 aromatic rings. The second-order valence-corrected chi connectivity index (χ2v) is 8.30. The lowest BCUT2D eigenvalue weighted by Gasteiger charge is -2.14. The van der Waals surface area contributed by atoms with Gasteiger partial charge in [-0.2, -0.15) is 0 Å². The van der Waals surface area contributed by atoms with Gasteiger partial charge in [0.1, 0.15) is 6.33 Å². The van der Waals surface area contributed by atoms with Crippen LogP contribution in [0.4, 0.5) is 5.69 Å². The molecule has 0 saturated heterocycles. The van der Waals surface area contributed by atoms with Crippen LogP contribution in [-0.4, -0.2) is 25.9 Å². The summed E-state index contributed by atoms with van der Waals surface area (Å²) in [7, 11) is 0. The number of aryl methyl sites for hydroxylation is 2. The number of carbonyl (C=O) groups is 1. The first-order valence-electron chi connectivity index (χ1n) is 8.25. The number of aromatic nitrogens is 3. The SMILES string of the molecule is Cc1ccc(-n2cnnc2SC(C)C(=O)Nc2cc(Cl)ccc2Cl)c(C)c1. The van der Waals surface area contributed by atoms with Crippen LogP contribution in [0, 0.1) is 13.8 Å². The summed E-state index contributed by atoms with van der Waals surface area (Å²) in [5, 5.41) is 12.1. The van der Waals surface area contributed by atoms with Crippen molar-refractivity contribution in [3.63, 3.8) is 0 Å². The van der Waals surface area contributed by atoms with Crippen molar-refractivity contribution < 1.29 is 4.79 Å². The number of benzene rings is 2. The number of amides is 1. The second-order valence-electron chi connectivity index (χ2n) is 6.15. The van der Waals surface area contributed by atoms with Gasteiger partial charge in [-0.05, 0) is 50.6 Å². The highest BCUT2D eigenvalue weighted by Crippen LogP contribution is 2.29. The molecule has 0 aliphatic carbocycles. The zero-order chi connectivity index (χ0) is 19.6. The molecule has 1 heterocycles. The Morgan fingerprint density at radius 1 is 1.19 bits per heavy atom. The van der Waals surface area contributed by atoms with E-state index in [0.717, 1.165) is 11.3 Å². The van der Waals surface area contributed by atoms with Gasteiger partial charge in [-0.25, -0.2) is 0 Å². The fourth-order valence-corrected chi connectivity index (χ4v) is 3.76. The monoisotopic (exact) mass is 420 g/mol. The summed E-state index contributed by atoms with van der Waals surface area (Å²) in [6.07, 6.45) is 1.65. The molecule has 0 fully saturated rings. The van der Waals surface area contributed by atoms with E-state index in [1.807, 2.05) is 30.5 Å². The summed E-state index contributed by atoms with van der Waals surface area (Å²) in [5.41, 5.74) is 3.76. The van der Waals surface area contributed by atoms with Gasteiger partial charge in [0.2, 0.25) is 5.91 Å². The number of anilines is 1. The lowest BCUT2D eigenvalue weighted by Crippen LogP contribution is -2.23. The van der Waals surface area contributed by atoms with Gasteiger partial charge >= 0.3 is 0 Å². The van der Waals surface area contributed by atoms with Gasteiger partial charge in [0.05, 0.1) is 21.6 Å². The predicted molar refractivity (Wildman–Crippen MR) is 111 cm³/mol. The first kappa shape index (κ1) is 19.7. The molecule has 0 bridgehead atoms. The summed E-state index contributed by atoms with van der Waals surface area (Å²) in [4.78, 5) is 12.6. The third kappa shape index (κ3) is 4.64. The molecule has 1 atom stereocenters. The van der Waals surface area contributed by atoms with E-state index < -0.39 is 5.25 Å². The molecule has 140 valence electrons. The summed E-state index contributed by atoms with van der Waals surface area (Å²) in [6, 6.07) is 11.1. The maximum Gasteiger partial charge on any atom is 0.237 e. The van der Waals surface area contributed by atoms with E-state index in [1.54, 1.807) is 31.5 Å². The molecular formula is C19H18Cl2N4OS. The number of carbonyl (C=O) groups excluding carboxylic acids is 1. The largest absolute Gasteiger partial charge is 0.324 e. The van der Waals surface area contributed by atoms with Crippen LogP contribution in [0.1, 0.15) is 18.1 Å². The van der Waals surface area contributed by atoms with E-state index in [-0.39, 0.29) is 5.91 Å². The fourth-order valence-electron chi connectivity index (χ4n) is 2.58. The molecule has 0 spiro atoms. The molecule has 2 aromatic carbocycles. The van der Waals surface area contributed by atoms with Crippen LogP contribution in [-0.2, 0) is 4.79 Å². The fraction of sp³-hybridized carbons (Fsp3) is 0.211. The lowest BCUT2D eigenvalue weighted by atomic mass is 10.1. The highest BCUT2D eigenvalue weighted by molar-refractivity contribution is 8.00. The van der Waals surface area contributed by atoms with Crippen molar-refractivity contribution in [1.82, 2.24) is 14.8 Å². The molecule has 3 rings (SSSR count). The predicted octanol–water partition coefficient (Wildman–Crippen LogP) is 5.31. The summed E-state index contributed by atoms with van der Waals surface area (Å²) in [6.45, 7) is 5.89. The Balaban J connectivity index is 1.77. The van der Waals surface area contributed by atoms with Crippen molar-refractivity contribution in [2.75, 3.05) is 5.32 Å². The number of nitrogens with one attached hydrogen (secondary N) is 1. The van der Waals surface area contributed by atoms with Gasteiger partial charge in [0, 0.05) is 5.02 Å². The Hall–Kier alpha value is -2.02. The third-order valence-electron chi connectivity index (χ3n) is 3.97. The van der Waals surface area contributed by atoms with Crippen molar-refractivity contribution in [1.29, 1.82) is 0 Å². The first-order valence-corrected chi connectivity index (χ1v) is 9.89. The molecule has 1 N–H and O–H groups in total. The maximum absolute atomic E-state index is 12.6. The van der Waals surface area contributed by atoms with Crippen LogP contribution in [0.2, 0.25) is 10.0 Å². The Kier molecular flexibility index (Phi) is 6.09. The van der Waals surface area contributed by atoms with Gasteiger partial charge in [0.15, 0.2) is 5.16 Å². The Morgan fingerprint density at radius 3 is 2.70 bits per heavy atom. The normalized spacial score (nSPS) is 12.0. The van der Waals surface area contributed by atoms with Crippen LogP contribution in [0.5, 0.6) is 0 Å². The van der Waals surface area contributed by atoms with Crippen molar-refractivity contribution >= 4 is 46.6 Å². The molecule has 0 saturated carbocycles. The summed E-state index contributed by atoms with van der Waals surface area (Å²) >= 11 is 13.4. The average molecular weight is 421 g/mol. The average Bonchev–Trinajstić information content (AvgIpc) is 3.06. The summed E-state index contributed by atoms with van der Waals surface area (Å²) in [5.74, 6) is -0.195. The van der Waals surface area contributed by atoms with Crippen molar-refractivity contribution in [3.05, 3.63) is 63.9 Å².